The maximum absolute atomic E-state index is 11.3. The summed E-state index contributed by atoms with van der Waals surface area (Å²) in [4.78, 5) is 29.2. The summed E-state index contributed by atoms with van der Waals surface area (Å²) >= 11 is 12.7. The van der Waals surface area contributed by atoms with Crippen LogP contribution >= 0.6 is 23.2 Å². The Labute approximate surface area is 245 Å². The average molecular weight is 585 g/mol. The number of hydrogen-bond acceptors (Lipinski definition) is 8. The second-order valence-corrected chi connectivity index (χ2v) is 11.4. The SMILES string of the molecule is CC(=O)NCC1CCN(CC2=CN(c3cc(Cl)cc(Cl)c3)C(Oc3cnc(N4CCN(C)CC4)nc3)=C=C2)CC1. The monoisotopic (exact) mass is 583 g/mol. The Morgan fingerprint density at radius 1 is 1.05 bits per heavy atom. The van der Waals surface area contributed by atoms with Crippen molar-refractivity contribution in [3.8, 4) is 5.75 Å². The van der Waals surface area contributed by atoms with E-state index in [2.05, 4.69) is 42.8 Å². The molecular weight excluding hydrogens is 549 g/mol. The Bertz CT molecular complexity index is 1270. The van der Waals surface area contributed by atoms with Gasteiger partial charge in [-0.25, -0.2) is 9.97 Å². The molecule has 0 spiro atoms. The summed E-state index contributed by atoms with van der Waals surface area (Å²) in [6.45, 7) is 8.81. The van der Waals surface area contributed by atoms with E-state index in [-0.39, 0.29) is 5.91 Å². The number of carbonyl (C=O) groups excluding carboxylic acids is 1. The number of likely N-dealkylation sites (N-methyl/N-ethyl adjacent to an activating group) is 1. The topological polar surface area (TPSA) is 77.1 Å². The van der Waals surface area contributed by atoms with Crippen LogP contribution in [0.5, 0.6) is 5.75 Å². The average Bonchev–Trinajstić information content (AvgIpc) is 2.94. The van der Waals surface area contributed by atoms with E-state index in [9.17, 15) is 4.79 Å². The van der Waals surface area contributed by atoms with Gasteiger partial charge >= 0.3 is 0 Å². The Morgan fingerprint density at radius 3 is 2.38 bits per heavy atom. The van der Waals surface area contributed by atoms with E-state index >= 15 is 0 Å². The zero-order chi connectivity index (χ0) is 28.1. The lowest BCUT2D eigenvalue weighted by Crippen LogP contribution is -2.45. The number of benzene rings is 1. The number of carbonyl (C=O) groups is 1. The number of likely N-dealkylation sites (tertiary alicyclic amines) is 1. The molecule has 1 aromatic carbocycles. The van der Waals surface area contributed by atoms with Gasteiger partial charge in [-0.15, -0.1) is 0 Å². The fraction of sp³-hybridized carbons (Fsp3) is 0.448. The van der Waals surface area contributed by atoms with Gasteiger partial charge in [-0.3, -0.25) is 14.6 Å². The Morgan fingerprint density at radius 2 is 1.73 bits per heavy atom. The number of anilines is 2. The van der Waals surface area contributed by atoms with Crippen molar-refractivity contribution in [3.05, 3.63) is 70.1 Å². The minimum absolute atomic E-state index is 0.0310. The fourth-order valence-corrected chi connectivity index (χ4v) is 5.57. The number of nitrogens with one attached hydrogen (secondary N) is 1. The molecular formula is C29H35Cl2N7O2. The number of nitrogens with zero attached hydrogens (tertiary/aromatic N) is 6. The first-order valence-corrected chi connectivity index (χ1v) is 14.4. The van der Waals surface area contributed by atoms with Crippen molar-refractivity contribution in [2.75, 3.05) is 69.2 Å². The van der Waals surface area contributed by atoms with Gasteiger partial charge in [-0.05, 0) is 68.7 Å². The van der Waals surface area contributed by atoms with Crippen molar-refractivity contribution in [3.63, 3.8) is 0 Å². The third-order valence-corrected chi connectivity index (χ3v) is 7.82. The quantitative estimate of drug-likeness (QED) is 0.464. The normalized spacial score (nSPS) is 18.9. The Kier molecular flexibility index (Phi) is 9.29. The first-order chi connectivity index (χ1) is 19.3. The molecule has 0 saturated carbocycles. The largest absolute Gasteiger partial charge is 0.430 e. The van der Waals surface area contributed by atoms with E-state index in [1.54, 1.807) is 25.4 Å². The van der Waals surface area contributed by atoms with Gasteiger partial charge in [0.2, 0.25) is 17.7 Å². The lowest BCUT2D eigenvalue weighted by molar-refractivity contribution is -0.119. The zero-order valence-corrected chi connectivity index (χ0v) is 24.5. The summed E-state index contributed by atoms with van der Waals surface area (Å²) in [7, 11) is 2.12. The second-order valence-electron chi connectivity index (χ2n) is 10.6. The first kappa shape index (κ1) is 28.5. The Hall–Kier alpha value is -3.07. The van der Waals surface area contributed by atoms with Gasteiger partial charge in [0, 0.05) is 62.4 Å². The fourth-order valence-electron chi connectivity index (χ4n) is 5.06. The molecule has 2 aromatic rings. The highest BCUT2D eigenvalue weighted by Gasteiger charge is 2.23. The molecule has 3 aliphatic rings. The smallest absolute Gasteiger partial charge is 0.250 e. The molecule has 9 nitrogen and oxygen atoms in total. The van der Waals surface area contributed by atoms with Crippen molar-refractivity contribution in [2.45, 2.75) is 19.8 Å². The molecule has 3 aliphatic heterocycles. The van der Waals surface area contributed by atoms with E-state index in [0.717, 1.165) is 76.5 Å². The molecule has 4 heterocycles. The van der Waals surface area contributed by atoms with Crippen LogP contribution in [-0.2, 0) is 4.79 Å². The highest BCUT2D eigenvalue weighted by atomic mass is 35.5. The van der Waals surface area contributed by atoms with Gasteiger partial charge < -0.3 is 19.9 Å². The van der Waals surface area contributed by atoms with Gasteiger partial charge in [-0.2, -0.15) is 0 Å². The number of aromatic nitrogens is 2. The van der Waals surface area contributed by atoms with Crippen LogP contribution in [0.15, 0.2) is 60.1 Å². The van der Waals surface area contributed by atoms with Gasteiger partial charge in [-0.1, -0.05) is 28.9 Å². The molecule has 0 aliphatic carbocycles. The van der Waals surface area contributed by atoms with E-state index in [1.807, 2.05) is 29.3 Å². The summed E-state index contributed by atoms with van der Waals surface area (Å²) in [6.07, 6.45) is 9.50. The maximum Gasteiger partial charge on any atom is 0.250 e. The number of piperidine rings is 1. The van der Waals surface area contributed by atoms with Gasteiger partial charge in [0.05, 0.1) is 18.1 Å². The molecule has 40 heavy (non-hydrogen) atoms. The van der Waals surface area contributed by atoms with Gasteiger partial charge in [0.25, 0.3) is 0 Å². The highest BCUT2D eigenvalue weighted by Crippen LogP contribution is 2.31. The number of amides is 1. The predicted molar refractivity (Wildman–Crippen MR) is 159 cm³/mol. The summed E-state index contributed by atoms with van der Waals surface area (Å²) < 4.78 is 6.23. The van der Waals surface area contributed by atoms with Crippen LogP contribution in [0.1, 0.15) is 19.8 Å². The van der Waals surface area contributed by atoms with Crippen molar-refractivity contribution in [1.29, 1.82) is 0 Å². The van der Waals surface area contributed by atoms with Crippen LogP contribution < -0.4 is 19.9 Å². The van der Waals surface area contributed by atoms with Crippen LogP contribution in [0.3, 0.4) is 0 Å². The standard InChI is InChI=1S/C29H35Cl2N7O2/c1-21(39)32-16-22-5-7-36(8-6-22)19-23-3-4-28(38(20-23)26-14-24(30)13-25(31)15-26)40-27-17-33-29(34-18-27)37-11-9-35(2)10-12-37/h3,13-15,17-18,20,22H,5-12,16,19H2,1-2H3,(H,32,39). The first-order valence-electron chi connectivity index (χ1n) is 13.7. The van der Waals surface area contributed by atoms with E-state index < -0.39 is 0 Å². The number of rotatable bonds is 8. The van der Waals surface area contributed by atoms with Crippen LogP contribution in [0.4, 0.5) is 11.6 Å². The maximum atomic E-state index is 11.3. The minimum Gasteiger partial charge on any atom is -0.430 e. The lowest BCUT2D eigenvalue weighted by atomic mass is 9.96. The summed E-state index contributed by atoms with van der Waals surface area (Å²) in [5, 5.41) is 4.02. The third-order valence-electron chi connectivity index (χ3n) is 7.39. The van der Waals surface area contributed by atoms with Gasteiger partial charge in [0.1, 0.15) is 0 Å². The molecule has 5 rings (SSSR count). The van der Waals surface area contributed by atoms with Crippen molar-refractivity contribution >= 4 is 40.7 Å². The van der Waals surface area contributed by atoms with E-state index in [4.69, 9.17) is 27.9 Å². The molecule has 0 radical (unpaired) electrons. The van der Waals surface area contributed by atoms with Crippen molar-refractivity contribution < 1.29 is 9.53 Å². The Balaban J connectivity index is 1.30. The number of hydrogen-bond donors (Lipinski definition) is 1. The van der Waals surface area contributed by atoms with Crippen LogP contribution in [-0.4, -0.2) is 85.1 Å². The van der Waals surface area contributed by atoms with Crippen molar-refractivity contribution in [2.24, 2.45) is 5.92 Å². The number of ether oxygens (including phenoxy) is 1. The molecule has 1 aromatic heterocycles. The van der Waals surface area contributed by atoms with Crippen LogP contribution in [0, 0.1) is 5.92 Å². The molecule has 212 valence electrons. The summed E-state index contributed by atoms with van der Waals surface area (Å²) in [6, 6.07) is 5.40. The highest BCUT2D eigenvalue weighted by molar-refractivity contribution is 6.35. The van der Waals surface area contributed by atoms with Crippen LogP contribution in [0.25, 0.3) is 0 Å². The molecule has 11 heteroatoms. The third kappa shape index (κ3) is 7.56. The van der Waals surface area contributed by atoms with E-state index in [1.165, 1.54) is 0 Å². The molecule has 2 saturated heterocycles. The van der Waals surface area contributed by atoms with Crippen molar-refractivity contribution in [1.82, 2.24) is 25.1 Å². The molecule has 0 unspecified atom stereocenters. The molecule has 1 amide bonds. The molecule has 0 bridgehead atoms. The van der Waals surface area contributed by atoms with Gasteiger partial charge in [0.15, 0.2) is 5.75 Å². The predicted octanol–water partition coefficient (Wildman–Crippen LogP) is 4.16. The lowest BCUT2D eigenvalue weighted by Gasteiger charge is -2.33. The summed E-state index contributed by atoms with van der Waals surface area (Å²) in [5.41, 5.74) is 5.18. The molecule has 1 N–H and O–H groups in total. The minimum atomic E-state index is 0.0310. The molecule has 2 fully saturated rings. The van der Waals surface area contributed by atoms with Crippen LogP contribution in [0.2, 0.25) is 10.0 Å². The molecule has 0 atom stereocenters. The zero-order valence-electron chi connectivity index (χ0n) is 22.9. The van der Waals surface area contributed by atoms with E-state index in [0.29, 0.717) is 33.5 Å². The second kappa shape index (κ2) is 13.1. The summed E-state index contributed by atoms with van der Waals surface area (Å²) in [5.74, 6) is 2.25. The number of halogens is 2. The number of piperazine rings is 1.